The van der Waals surface area contributed by atoms with Crippen molar-refractivity contribution in [1.29, 1.82) is 5.26 Å². The fourth-order valence-electron chi connectivity index (χ4n) is 0.827. The molecule has 0 N–H and O–H groups in total. The van der Waals surface area contributed by atoms with Gasteiger partial charge < -0.3 is 4.74 Å². The molecule has 1 rings (SSSR count). The summed E-state index contributed by atoms with van der Waals surface area (Å²) in [4.78, 5) is 14.9. The van der Waals surface area contributed by atoms with Crippen molar-refractivity contribution in [3.05, 3.63) is 29.6 Å². The fraction of sp³-hybridized carbons (Fsp3) is 0.364. The van der Waals surface area contributed by atoms with Gasteiger partial charge in [0.15, 0.2) is 0 Å². The molecule has 0 saturated carbocycles. The van der Waals surface area contributed by atoms with Gasteiger partial charge in [0.05, 0.1) is 17.7 Å². The van der Waals surface area contributed by atoms with Crippen LogP contribution in [0.5, 0.6) is 0 Å². The van der Waals surface area contributed by atoms with Gasteiger partial charge in [-0.25, -0.2) is 4.79 Å². The zero-order chi connectivity index (χ0) is 11.7. The highest BCUT2D eigenvalue weighted by Gasteiger charge is 2.06. The van der Waals surface area contributed by atoms with Crippen molar-refractivity contribution in [1.82, 2.24) is 4.98 Å². The molecule has 0 unspecified atom stereocenters. The van der Waals surface area contributed by atoms with Crippen LogP contribution in [0, 0.1) is 11.3 Å². The molecule has 4 nitrogen and oxygen atoms in total. The van der Waals surface area contributed by atoms with Gasteiger partial charge >= 0.3 is 5.97 Å². The largest absolute Gasteiger partial charge is 0.462 e. The van der Waals surface area contributed by atoms with E-state index in [9.17, 15) is 4.79 Å². The topological polar surface area (TPSA) is 63.0 Å². The van der Waals surface area contributed by atoms with Crippen molar-refractivity contribution in [2.45, 2.75) is 20.8 Å². The van der Waals surface area contributed by atoms with E-state index in [0.717, 1.165) is 0 Å². The van der Waals surface area contributed by atoms with E-state index in [1.165, 1.54) is 18.5 Å². The first-order valence-corrected chi connectivity index (χ1v) is 4.80. The molecule has 0 aliphatic carbocycles. The number of pyridine rings is 1. The second-order valence-corrected chi connectivity index (χ2v) is 2.29. The van der Waals surface area contributed by atoms with E-state index >= 15 is 0 Å². The summed E-state index contributed by atoms with van der Waals surface area (Å²) in [6, 6.07) is 3.34. The number of ether oxygens (including phenoxy) is 1. The number of hydrogen-bond donors (Lipinski definition) is 0. The third kappa shape index (κ3) is 4.23. The Labute approximate surface area is 89.5 Å². The first-order chi connectivity index (χ1) is 7.27. The molecule has 80 valence electrons. The number of hydrogen-bond acceptors (Lipinski definition) is 4. The first-order valence-electron chi connectivity index (χ1n) is 4.80. The smallest absolute Gasteiger partial charge is 0.339 e. The zero-order valence-electron chi connectivity index (χ0n) is 9.15. The van der Waals surface area contributed by atoms with E-state index < -0.39 is 5.97 Å². The average Bonchev–Trinajstić information content (AvgIpc) is 2.32. The minimum atomic E-state index is -0.452. The second-order valence-electron chi connectivity index (χ2n) is 2.29. The quantitative estimate of drug-likeness (QED) is 0.695. The minimum absolute atomic E-state index is 0.306. The van der Waals surface area contributed by atoms with Crippen LogP contribution in [-0.4, -0.2) is 17.6 Å². The highest BCUT2D eigenvalue weighted by Crippen LogP contribution is 2.02. The number of esters is 1. The maximum Gasteiger partial charge on any atom is 0.339 e. The number of nitriles is 1. The SMILES string of the molecule is CC.CCOC(=O)c1cncc(C#N)c1. The normalized spacial score (nSPS) is 8.13. The van der Waals surface area contributed by atoms with Crippen LogP contribution < -0.4 is 0 Å². The Hall–Kier alpha value is -1.89. The molecular weight excluding hydrogens is 192 g/mol. The van der Waals surface area contributed by atoms with Gasteiger partial charge in [-0.2, -0.15) is 5.26 Å². The van der Waals surface area contributed by atoms with Gasteiger partial charge in [-0.1, -0.05) is 13.8 Å². The monoisotopic (exact) mass is 206 g/mol. The molecule has 0 saturated heterocycles. The summed E-state index contributed by atoms with van der Waals surface area (Å²) in [6.45, 7) is 6.04. The summed E-state index contributed by atoms with van der Waals surface area (Å²) in [6.07, 6.45) is 2.77. The van der Waals surface area contributed by atoms with Crippen molar-refractivity contribution in [2.24, 2.45) is 0 Å². The molecule has 0 fully saturated rings. The molecule has 0 radical (unpaired) electrons. The van der Waals surface area contributed by atoms with Crippen molar-refractivity contribution in [3.63, 3.8) is 0 Å². The van der Waals surface area contributed by atoms with Crippen LogP contribution in [0.3, 0.4) is 0 Å². The van der Waals surface area contributed by atoms with Gasteiger partial charge in [-0.15, -0.1) is 0 Å². The third-order valence-corrected chi connectivity index (χ3v) is 1.38. The Kier molecular flexibility index (Phi) is 6.56. The van der Waals surface area contributed by atoms with Crippen molar-refractivity contribution < 1.29 is 9.53 Å². The van der Waals surface area contributed by atoms with Gasteiger partial charge in [0.25, 0.3) is 0 Å². The van der Waals surface area contributed by atoms with Crippen molar-refractivity contribution >= 4 is 5.97 Å². The fourth-order valence-corrected chi connectivity index (χ4v) is 0.827. The summed E-state index contributed by atoms with van der Waals surface area (Å²) in [5, 5.41) is 8.53. The Morgan fingerprint density at radius 3 is 2.73 bits per heavy atom. The van der Waals surface area contributed by atoms with Crippen LogP contribution in [0.2, 0.25) is 0 Å². The molecule has 1 heterocycles. The van der Waals surface area contributed by atoms with Crippen LogP contribution in [0.25, 0.3) is 0 Å². The van der Waals surface area contributed by atoms with Crippen LogP contribution in [0.15, 0.2) is 18.5 Å². The molecule has 0 atom stereocenters. The van der Waals surface area contributed by atoms with Crippen LogP contribution in [0.4, 0.5) is 0 Å². The maximum atomic E-state index is 11.1. The highest BCUT2D eigenvalue weighted by molar-refractivity contribution is 5.89. The molecule has 0 aliphatic heterocycles. The molecule has 15 heavy (non-hydrogen) atoms. The van der Waals surface area contributed by atoms with Gasteiger partial charge in [0, 0.05) is 12.4 Å². The van der Waals surface area contributed by atoms with E-state index in [-0.39, 0.29) is 0 Å². The zero-order valence-corrected chi connectivity index (χ0v) is 9.15. The van der Waals surface area contributed by atoms with Crippen LogP contribution >= 0.6 is 0 Å². The Bertz CT molecular complexity index is 356. The first kappa shape index (κ1) is 13.1. The van der Waals surface area contributed by atoms with Gasteiger partial charge in [0.1, 0.15) is 6.07 Å². The Balaban J connectivity index is 0.000000921. The lowest BCUT2D eigenvalue weighted by molar-refractivity contribution is 0.0526. The Morgan fingerprint density at radius 2 is 2.20 bits per heavy atom. The van der Waals surface area contributed by atoms with Gasteiger partial charge in [0.2, 0.25) is 0 Å². The van der Waals surface area contributed by atoms with E-state index in [1.54, 1.807) is 6.92 Å². The summed E-state index contributed by atoms with van der Waals surface area (Å²) < 4.78 is 4.74. The molecule has 1 aromatic heterocycles. The molecular formula is C11H14N2O2. The number of nitrogens with zero attached hydrogens (tertiary/aromatic N) is 2. The van der Waals surface area contributed by atoms with Gasteiger partial charge in [-0.3, -0.25) is 4.98 Å². The minimum Gasteiger partial charge on any atom is -0.462 e. The Morgan fingerprint density at radius 1 is 1.53 bits per heavy atom. The number of aromatic nitrogens is 1. The molecule has 0 spiro atoms. The van der Waals surface area contributed by atoms with Crippen LogP contribution in [-0.2, 0) is 4.74 Å². The van der Waals surface area contributed by atoms with Crippen molar-refractivity contribution in [2.75, 3.05) is 6.61 Å². The lowest BCUT2D eigenvalue weighted by atomic mass is 10.2. The number of rotatable bonds is 2. The molecule has 0 aromatic carbocycles. The summed E-state index contributed by atoms with van der Waals surface area (Å²) >= 11 is 0. The molecule has 0 aliphatic rings. The van der Waals surface area contributed by atoms with Crippen molar-refractivity contribution in [3.8, 4) is 6.07 Å². The lowest BCUT2D eigenvalue weighted by Crippen LogP contribution is -2.05. The predicted molar refractivity (Wildman–Crippen MR) is 56.3 cm³/mol. The van der Waals surface area contributed by atoms with E-state index in [2.05, 4.69) is 4.98 Å². The molecule has 4 heteroatoms. The van der Waals surface area contributed by atoms with E-state index in [4.69, 9.17) is 10.00 Å². The lowest BCUT2D eigenvalue weighted by Gasteiger charge is -2.00. The summed E-state index contributed by atoms with van der Waals surface area (Å²) in [5.74, 6) is -0.452. The maximum absolute atomic E-state index is 11.1. The van der Waals surface area contributed by atoms with E-state index in [0.29, 0.717) is 17.7 Å². The number of carbonyl (C=O) groups excluding carboxylic acids is 1. The second kappa shape index (κ2) is 7.51. The summed E-state index contributed by atoms with van der Waals surface area (Å²) in [7, 11) is 0. The standard InChI is InChI=1S/C9H8N2O2.C2H6/c1-2-13-9(12)8-3-7(4-10)5-11-6-8;1-2/h3,5-6H,2H2,1H3;1-2H3. The van der Waals surface area contributed by atoms with Gasteiger partial charge in [-0.05, 0) is 13.0 Å². The predicted octanol–water partition coefficient (Wildman–Crippen LogP) is 2.16. The summed E-state index contributed by atoms with van der Waals surface area (Å²) in [5.41, 5.74) is 0.659. The number of carbonyl (C=O) groups is 1. The average molecular weight is 206 g/mol. The third-order valence-electron chi connectivity index (χ3n) is 1.38. The van der Waals surface area contributed by atoms with E-state index in [1.807, 2.05) is 19.9 Å². The van der Waals surface area contributed by atoms with Crippen LogP contribution in [0.1, 0.15) is 36.7 Å². The molecule has 1 aromatic rings. The molecule has 0 amide bonds. The molecule has 0 bridgehead atoms. The highest BCUT2D eigenvalue weighted by atomic mass is 16.5.